The van der Waals surface area contributed by atoms with Crippen LogP contribution in [0.5, 0.6) is 5.75 Å². The summed E-state index contributed by atoms with van der Waals surface area (Å²) in [5.41, 5.74) is 4.90. The van der Waals surface area contributed by atoms with Crippen molar-refractivity contribution >= 4 is 11.7 Å². The SMILES string of the molecule is COc1cc(-c2cnc(Nc3cccc(C)c3)o2)cc(-c2c(C)cc[nH]c2=O)c1. The summed E-state index contributed by atoms with van der Waals surface area (Å²) in [6.45, 7) is 3.93. The summed E-state index contributed by atoms with van der Waals surface area (Å²) in [5.74, 6) is 1.20. The van der Waals surface area contributed by atoms with Crippen LogP contribution < -0.4 is 15.6 Å². The number of nitrogens with one attached hydrogen (secondary N) is 2. The largest absolute Gasteiger partial charge is 0.497 e. The highest BCUT2D eigenvalue weighted by Crippen LogP contribution is 2.32. The lowest BCUT2D eigenvalue weighted by molar-refractivity contribution is 0.415. The normalized spacial score (nSPS) is 10.7. The van der Waals surface area contributed by atoms with E-state index >= 15 is 0 Å². The molecule has 0 amide bonds. The molecule has 0 aliphatic heterocycles. The molecule has 2 aromatic heterocycles. The van der Waals surface area contributed by atoms with Gasteiger partial charge in [0.2, 0.25) is 0 Å². The Labute approximate surface area is 168 Å². The lowest BCUT2D eigenvalue weighted by Gasteiger charge is -2.09. The van der Waals surface area contributed by atoms with Gasteiger partial charge >= 0.3 is 0 Å². The Bertz CT molecular complexity index is 1220. The summed E-state index contributed by atoms with van der Waals surface area (Å²) in [7, 11) is 1.59. The van der Waals surface area contributed by atoms with Crippen LogP contribution in [0.1, 0.15) is 11.1 Å². The molecule has 0 radical (unpaired) electrons. The Morgan fingerprint density at radius 3 is 2.66 bits per heavy atom. The van der Waals surface area contributed by atoms with E-state index in [9.17, 15) is 4.79 Å². The number of anilines is 2. The molecular weight excluding hydrogens is 366 g/mol. The Morgan fingerprint density at radius 1 is 1.07 bits per heavy atom. The third kappa shape index (κ3) is 3.91. The van der Waals surface area contributed by atoms with Crippen LogP contribution in [0.2, 0.25) is 0 Å². The van der Waals surface area contributed by atoms with E-state index in [4.69, 9.17) is 9.15 Å². The molecule has 29 heavy (non-hydrogen) atoms. The lowest BCUT2D eigenvalue weighted by atomic mass is 9.99. The monoisotopic (exact) mass is 387 g/mol. The number of methoxy groups -OCH3 is 1. The zero-order valence-electron chi connectivity index (χ0n) is 16.4. The van der Waals surface area contributed by atoms with E-state index in [-0.39, 0.29) is 5.56 Å². The van der Waals surface area contributed by atoms with Crippen molar-refractivity contribution in [2.24, 2.45) is 0 Å². The summed E-state index contributed by atoms with van der Waals surface area (Å²) < 4.78 is 11.3. The Balaban J connectivity index is 1.72. The average Bonchev–Trinajstić information content (AvgIpc) is 3.16. The van der Waals surface area contributed by atoms with Crippen molar-refractivity contribution in [1.82, 2.24) is 9.97 Å². The van der Waals surface area contributed by atoms with E-state index in [2.05, 4.69) is 15.3 Å². The summed E-state index contributed by atoms with van der Waals surface area (Å²) in [6.07, 6.45) is 3.29. The molecule has 0 saturated heterocycles. The van der Waals surface area contributed by atoms with Gasteiger partial charge in [-0.1, -0.05) is 12.1 Å². The highest BCUT2D eigenvalue weighted by Gasteiger charge is 2.14. The van der Waals surface area contributed by atoms with Crippen molar-refractivity contribution in [3.63, 3.8) is 0 Å². The minimum absolute atomic E-state index is 0.149. The number of H-pyrrole nitrogens is 1. The number of rotatable bonds is 5. The van der Waals surface area contributed by atoms with Crippen LogP contribution in [-0.4, -0.2) is 17.1 Å². The minimum atomic E-state index is -0.149. The second-order valence-electron chi connectivity index (χ2n) is 6.84. The molecule has 0 bridgehead atoms. The molecule has 2 heterocycles. The average molecular weight is 387 g/mol. The fourth-order valence-corrected chi connectivity index (χ4v) is 3.25. The van der Waals surface area contributed by atoms with Gasteiger partial charge in [-0.25, -0.2) is 4.98 Å². The molecule has 2 N–H and O–H groups in total. The smallest absolute Gasteiger partial charge is 0.299 e. The first-order chi connectivity index (χ1) is 14.0. The number of nitrogens with zero attached hydrogens (tertiary/aromatic N) is 1. The van der Waals surface area contributed by atoms with Crippen LogP contribution >= 0.6 is 0 Å². The van der Waals surface area contributed by atoms with E-state index in [1.54, 1.807) is 19.5 Å². The predicted molar refractivity (Wildman–Crippen MR) is 114 cm³/mol. The van der Waals surface area contributed by atoms with Crippen molar-refractivity contribution in [2.75, 3.05) is 12.4 Å². The van der Waals surface area contributed by atoms with Crippen molar-refractivity contribution in [3.05, 3.63) is 82.4 Å². The van der Waals surface area contributed by atoms with Crippen molar-refractivity contribution in [3.8, 4) is 28.2 Å². The van der Waals surface area contributed by atoms with Crippen molar-refractivity contribution in [2.45, 2.75) is 13.8 Å². The van der Waals surface area contributed by atoms with Crippen LogP contribution in [-0.2, 0) is 0 Å². The number of pyridine rings is 1. The van der Waals surface area contributed by atoms with E-state index in [0.717, 1.165) is 27.9 Å². The number of aromatic amines is 1. The maximum absolute atomic E-state index is 12.4. The van der Waals surface area contributed by atoms with Gasteiger partial charge < -0.3 is 19.5 Å². The third-order valence-electron chi connectivity index (χ3n) is 4.66. The second-order valence-corrected chi connectivity index (χ2v) is 6.84. The van der Waals surface area contributed by atoms with E-state index in [0.29, 0.717) is 23.1 Å². The minimum Gasteiger partial charge on any atom is -0.497 e. The molecule has 4 rings (SSSR count). The quantitative estimate of drug-likeness (QED) is 0.500. The zero-order chi connectivity index (χ0) is 20.4. The molecule has 0 aliphatic carbocycles. The number of aryl methyl sites for hydroxylation is 2. The second kappa shape index (κ2) is 7.67. The molecular formula is C23H21N3O3. The number of hydrogen-bond donors (Lipinski definition) is 2. The van der Waals surface area contributed by atoms with Crippen LogP contribution in [0.25, 0.3) is 22.5 Å². The van der Waals surface area contributed by atoms with Crippen LogP contribution in [0, 0.1) is 13.8 Å². The van der Waals surface area contributed by atoms with Gasteiger partial charge in [0.15, 0.2) is 5.76 Å². The highest BCUT2D eigenvalue weighted by atomic mass is 16.5. The van der Waals surface area contributed by atoms with Gasteiger partial charge in [0.1, 0.15) is 5.75 Å². The number of ether oxygens (including phenoxy) is 1. The van der Waals surface area contributed by atoms with Crippen LogP contribution in [0.4, 0.5) is 11.7 Å². The molecule has 4 aromatic rings. The standard InChI is InChI=1S/C23H21N3O3/c1-14-5-4-6-18(9-14)26-23-25-13-20(29-23)16-10-17(12-19(11-16)28-3)21-15(2)7-8-24-22(21)27/h4-13H,1-3H3,(H,24,27)(H,25,26). The molecule has 6 heteroatoms. The van der Waals surface area contributed by atoms with Crippen LogP contribution in [0.3, 0.4) is 0 Å². The lowest BCUT2D eigenvalue weighted by Crippen LogP contribution is -2.09. The Kier molecular flexibility index (Phi) is 4.91. The highest BCUT2D eigenvalue weighted by molar-refractivity contribution is 5.74. The van der Waals surface area contributed by atoms with Gasteiger partial charge in [-0.3, -0.25) is 4.79 Å². The van der Waals surface area contributed by atoms with E-state index in [1.165, 1.54) is 0 Å². The van der Waals surface area contributed by atoms with Gasteiger partial charge in [-0.2, -0.15) is 0 Å². The predicted octanol–water partition coefficient (Wildman–Crippen LogP) is 5.07. The Hall–Kier alpha value is -3.80. The van der Waals surface area contributed by atoms with Gasteiger partial charge in [0, 0.05) is 17.4 Å². The topological polar surface area (TPSA) is 80.2 Å². The maximum atomic E-state index is 12.4. The fraction of sp³-hybridized carbons (Fsp3) is 0.130. The van der Waals surface area contributed by atoms with Crippen molar-refractivity contribution in [1.29, 1.82) is 0 Å². The summed E-state index contributed by atoms with van der Waals surface area (Å²) >= 11 is 0. The molecule has 0 aliphatic rings. The molecule has 2 aromatic carbocycles. The van der Waals surface area contributed by atoms with Gasteiger partial charge in [0.25, 0.3) is 11.6 Å². The first-order valence-corrected chi connectivity index (χ1v) is 9.21. The third-order valence-corrected chi connectivity index (χ3v) is 4.66. The zero-order valence-corrected chi connectivity index (χ0v) is 16.4. The van der Waals surface area contributed by atoms with E-state index in [1.807, 2.05) is 62.4 Å². The van der Waals surface area contributed by atoms with Gasteiger partial charge in [-0.05, 0) is 66.9 Å². The number of hydrogen-bond acceptors (Lipinski definition) is 5. The summed E-state index contributed by atoms with van der Waals surface area (Å²) in [4.78, 5) is 19.4. The summed E-state index contributed by atoms with van der Waals surface area (Å²) in [6, 6.07) is 15.8. The maximum Gasteiger partial charge on any atom is 0.299 e. The van der Waals surface area contributed by atoms with Crippen molar-refractivity contribution < 1.29 is 9.15 Å². The fourth-order valence-electron chi connectivity index (χ4n) is 3.25. The molecule has 0 fully saturated rings. The number of benzene rings is 2. The molecule has 146 valence electrons. The first-order valence-electron chi connectivity index (χ1n) is 9.21. The summed E-state index contributed by atoms with van der Waals surface area (Å²) in [5, 5.41) is 3.16. The van der Waals surface area contributed by atoms with Gasteiger partial charge in [0.05, 0.1) is 18.9 Å². The van der Waals surface area contributed by atoms with E-state index < -0.39 is 0 Å². The molecule has 0 atom stereocenters. The Morgan fingerprint density at radius 2 is 1.90 bits per heavy atom. The number of aromatic nitrogens is 2. The van der Waals surface area contributed by atoms with Crippen LogP contribution in [0.15, 0.2) is 70.1 Å². The number of oxazole rings is 1. The van der Waals surface area contributed by atoms with Gasteiger partial charge in [-0.15, -0.1) is 0 Å². The molecule has 0 saturated carbocycles. The first kappa shape index (κ1) is 18.6. The molecule has 0 unspecified atom stereocenters. The molecule has 6 nitrogen and oxygen atoms in total. The molecule has 0 spiro atoms.